The summed E-state index contributed by atoms with van der Waals surface area (Å²) < 4.78 is 11.3. The second-order valence-electron chi connectivity index (χ2n) is 8.21. The number of hydrogen-bond acceptors (Lipinski definition) is 5. The van der Waals surface area contributed by atoms with Gasteiger partial charge in [0.1, 0.15) is 5.58 Å². The number of carbonyl (C=O) groups excluding carboxylic acids is 1. The Balaban J connectivity index is 1.57. The van der Waals surface area contributed by atoms with Gasteiger partial charge in [-0.15, -0.1) is 0 Å². The van der Waals surface area contributed by atoms with E-state index < -0.39 is 0 Å². The minimum absolute atomic E-state index is 0.0186. The number of benzene rings is 2. The number of rotatable bonds is 5. The number of ether oxygens (including phenoxy) is 1. The maximum absolute atomic E-state index is 12.9. The Morgan fingerprint density at radius 1 is 1.03 bits per heavy atom. The van der Waals surface area contributed by atoms with E-state index in [0.717, 1.165) is 29.8 Å². The van der Waals surface area contributed by atoms with Crippen LogP contribution in [-0.2, 0) is 4.74 Å². The lowest BCUT2D eigenvalue weighted by molar-refractivity contribution is 0.0161. The zero-order chi connectivity index (χ0) is 22.0. The van der Waals surface area contributed by atoms with E-state index in [0.29, 0.717) is 30.7 Å². The van der Waals surface area contributed by atoms with Crippen molar-refractivity contribution in [3.05, 3.63) is 80.7 Å². The first kappa shape index (κ1) is 21.3. The zero-order valence-electron chi connectivity index (χ0n) is 18.2. The molecule has 3 aromatic rings. The van der Waals surface area contributed by atoms with Crippen molar-refractivity contribution < 1.29 is 13.9 Å². The van der Waals surface area contributed by atoms with Gasteiger partial charge in [0.15, 0.2) is 11.2 Å². The van der Waals surface area contributed by atoms with Gasteiger partial charge < -0.3 is 14.5 Å². The second kappa shape index (κ2) is 9.04. The highest BCUT2D eigenvalue weighted by atomic mass is 16.5. The number of hydrogen-bond donors (Lipinski definition) is 1. The van der Waals surface area contributed by atoms with Crippen molar-refractivity contribution in [2.75, 3.05) is 32.8 Å². The summed E-state index contributed by atoms with van der Waals surface area (Å²) in [6.45, 7) is 9.24. The Morgan fingerprint density at radius 3 is 2.45 bits per heavy atom. The Hall–Kier alpha value is -2.96. The maximum Gasteiger partial charge on any atom is 0.287 e. The molecule has 2 aromatic carbocycles. The van der Waals surface area contributed by atoms with Crippen molar-refractivity contribution in [3.8, 4) is 0 Å². The van der Waals surface area contributed by atoms with E-state index in [4.69, 9.17) is 9.15 Å². The standard InChI is InChI=1S/C25H28N2O4/c1-16-4-6-19(7-5-16)20(27-8-10-30-11-9-27)15-26-25(29)23-14-21(28)24-18(3)12-17(2)13-22(24)31-23/h4-7,12-14,20H,8-11,15H2,1-3H3,(H,26,29)/t20-/m1/s1. The fourth-order valence-electron chi connectivity index (χ4n) is 4.19. The third kappa shape index (κ3) is 4.70. The molecule has 6 heteroatoms. The average Bonchev–Trinajstić information content (AvgIpc) is 2.75. The summed E-state index contributed by atoms with van der Waals surface area (Å²) in [5.41, 5.74) is 4.40. The van der Waals surface area contributed by atoms with Crippen molar-refractivity contribution in [2.45, 2.75) is 26.8 Å². The van der Waals surface area contributed by atoms with Crippen LogP contribution in [0.2, 0.25) is 0 Å². The molecule has 1 atom stereocenters. The third-order valence-electron chi connectivity index (χ3n) is 5.80. The number of nitrogens with one attached hydrogen (secondary N) is 1. The van der Waals surface area contributed by atoms with Gasteiger partial charge in [-0.25, -0.2) is 0 Å². The largest absolute Gasteiger partial charge is 0.451 e. The number of amides is 1. The van der Waals surface area contributed by atoms with Crippen LogP contribution in [0.25, 0.3) is 11.0 Å². The number of carbonyl (C=O) groups is 1. The summed E-state index contributed by atoms with van der Waals surface area (Å²) in [4.78, 5) is 27.8. The van der Waals surface area contributed by atoms with Gasteiger partial charge in [0, 0.05) is 25.7 Å². The van der Waals surface area contributed by atoms with Crippen LogP contribution >= 0.6 is 0 Å². The molecule has 4 rings (SSSR count). The molecule has 0 bridgehead atoms. The SMILES string of the molecule is Cc1ccc([C@@H](CNC(=O)c2cc(=O)c3c(C)cc(C)cc3o2)N2CCOCC2)cc1. The van der Waals surface area contributed by atoms with Crippen molar-refractivity contribution >= 4 is 16.9 Å². The Morgan fingerprint density at radius 2 is 1.74 bits per heavy atom. The summed E-state index contributed by atoms with van der Waals surface area (Å²) >= 11 is 0. The average molecular weight is 421 g/mol. The summed E-state index contributed by atoms with van der Waals surface area (Å²) in [7, 11) is 0. The van der Waals surface area contributed by atoms with Gasteiger partial charge in [-0.3, -0.25) is 14.5 Å². The number of fused-ring (bicyclic) bond motifs is 1. The van der Waals surface area contributed by atoms with Crippen LogP contribution in [0.5, 0.6) is 0 Å². The van der Waals surface area contributed by atoms with E-state index in [1.54, 1.807) is 6.07 Å². The quantitative estimate of drug-likeness (QED) is 0.684. The molecule has 0 unspecified atom stereocenters. The first-order valence-electron chi connectivity index (χ1n) is 10.6. The van der Waals surface area contributed by atoms with E-state index in [9.17, 15) is 9.59 Å². The molecule has 31 heavy (non-hydrogen) atoms. The molecule has 1 saturated heterocycles. The summed E-state index contributed by atoms with van der Waals surface area (Å²) in [5, 5.41) is 3.50. The van der Waals surface area contributed by atoms with Gasteiger partial charge in [-0.05, 0) is 43.5 Å². The zero-order valence-corrected chi connectivity index (χ0v) is 18.2. The molecule has 1 N–H and O–H groups in total. The van der Waals surface area contributed by atoms with Gasteiger partial charge in [-0.1, -0.05) is 35.9 Å². The predicted molar refractivity (Wildman–Crippen MR) is 121 cm³/mol. The molecule has 1 aliphatic heterocycles. The molecule has 1 amide bonds. The second-order valence-corrected chi connectivity index (χ2v) is 8.21. The van der Waals surface area contributed by atoms with Crippen molar-refractivity contribution in [3.63, 3.8) is 0 Å². The lowest BCUT2D eigenvalue weighted by atomic mass is 10.0. The Kier molecular flexibility index (Phi) is 6.20. The van der Waals surface area contributed by atoms with Crippen molar-refractivity contribution in [1.82, 2.24) is 10.2 Å². The molecule has 1 aliphatic rings. The van der Waals surface area contributed by atoms with Crippen molar-refractivity contribution in [2.24, 2.45) is 0 Å². The van der Waals surface area contributed by atoms with Crippen LogP contribution in [0.4, 0.5) is 0 Å². The molecule has 0 aliphatic carbocycles. The van der Waals surface area contributed by atoms with Crippen LogP contribution < -0.4 is 10.7 Å². The highest BCUT2D eigenvalue weighted by molar-refractivity contribution is 5.93. The van der Waals surface area contributed by atoms with Crippen LogP contribution in [0, 0.1) is 20.8 Å². The van der Waals surface area contributed by atoms with E-state index in [-0.39, 0.29) is 23.1 Å². The van der Waals surface area contributed by atoms with Crippen molar-refractivity contribution in [1.29, 1.82) is 0 Å². The fraction of sp³-hybridized carbons (Fsp3) is 0.360. The molecular formula is C25H28N2O4. The Bertz CT molecular complexity index is 1140. The molecule has 0 radical (unpaired) electrons. The molecule has 1 fully saturated rings. The third-order valence-corrected chi connectivity index (χ3v) is 5.80. The summed E-state index contributed by atoms with van der Waals surface area (Å²) in [5.74, 6) is -0.351. The molecule has 0 spiro atoms. The maximum atomic E-state index is 12.9. The highest BCUT2D eigenvalue weighted by Crippen LogP contribution is 2.23. The first-order valence-corrected chi connectivity index (χ1v) is 10.6. The molecule has 1 aromatic heterocycles. The summed E-state index contributed by atoms with van der Waals surface area (Å²) in [6, 6.07) is 13.4. The van der Waals surface area contributed by atoms with E-state index in [1.165, 1.54) is 11.6 Å². The fourth-order valence-corrected chi connectivity index (χ4v) is 4.19. The lowest BCUT2D eigenvalue weighted by Crippen LogP contribution is -2.43. The molecule has 2 heterocycles. The van der Waals surface area contributed by atoms with Gasteiger partial charge in [0.05, 0.1) is 24.6 Å². The molecule has 162 valence electrons. The molecule has 6 nitrogen and oxygen atoms in total. The first-order chi connectivity index (χ1) is 14.9. The van der Waals surface area contributed by atoms with Crippen LogP contribution in [0.15, 0.2) is 51.7 Å². The number of nitrogens with zero attached hydrogens (tertiary/aromatic N) is 1. The number of aryl methyl sites for hydroxylation is 3. The van der Waals surface area contributed by atoms with E-state index >= 15 is 0 Å². The van der Waals surface area contributed by atoms with Crippen LogP contribution in [0.1, 0.15) is 38.9 Å². The van der Waals surface area contributed by atoms with Gasteiger partial charge in [-0.2, -0.15) is 0 Å². The van der Waals surface area contributed by atoms with E-state index in [2.05, 4.69) is 41.4 Å². The van der Waals surface area contributed by atoms with Gasteiger partial charge >= 0.3 is 0 Å². The topological polar surface area (TPSA) is 71.8 Å². The minimum Gasteiger partial charge on any atom is -0.451 e. The smallest absolute Gasteiger partial charge is 0.287 e. The van der Waals surface area contributed by atoms with Crippen LogP contribution in [-0.4, -0.2) is 43.7 Å². The molecule has 0 saturated carbocycles. The minimum atomic E-state index is -0.386. The normalized spacial score (nSPS) is 15.7. The van der Waals surface area contributed by atoms with Crippen LogP contribution in [0.3, 0.4) is 0 Å². The molecular weight excluding hydrogens is 392 g/mol. The van der Waals surface area contributed by atoms with E-state index in [1.807, 2.05) is 19.9 Å². The predicted octanol–water partition coefficient (Wildman–Crippen LogP) is 3.52. The summed E-state index contributed by atoms with van der Waals surface area (Å²) in [6.07, 6.45) is 0. The number of morpholine rings is 1. The Labute approximate surface area is 181 Å². The van der Waals surface area contributed by atoms with Gasteiger partial charge in [0.25, 0.3) is 5.91 Å². The highest BCUT2D eigenvalue weighted by Gasteiger charge is 2.24. The lowest BCUT2D eigenvalue weighted by Gasteiger charge is -2.35. The van der Waals surface area contributed by atoms with Gasteiger partial charge in [0.2, 0.25) is 0 Å². The monoisotopic (exact) mass is 420 g/mol.